The molecule has 6 heteroatoms. The molecule has 2 rings (SSSR count). The lowest BCUT2D eigenvalue weighted by atomic mass is 10.2. The molecule has 0 saturated carbocycles. The van der Waals surface area contributed by atoms with Gasteiger partial charge in [-0.2, -0.15) is 0 Å². The van der Waals surface area contributed by atoms with E-state index in [2.05, 4.69) is 15.6 Å². The van der Waals surface area contributed by atoms with Gasteiger partial charge in [-0.25, -0.2) is 9.37 Å². The molecule has 98 valence electrons. The molecule has 2 aromatic rings. The van der Waals surface area contributed by atoms with Crippen molar-refractivity contribution in [3.63, 3.8) is 0 Å². The molecular formula is C13H11ClFN3O. The van der Waals surface area contributed by atoms with Crippen molar-refractivity contribution in [1.82, 2.24) is 4.98 Å². The predicted molar refractivity (Wildman–Crippen MR) is 73.1 cm³/mol. The summed E-state index contributed by atoms with van der Waals surface area (Å²) in [7, 11) is 1.68. The van der Waals surface area contributed by atoms with Crippen molar-refractivity contribution in [2.75, 3.05) is 17.7 Å². The van der Waals surface area contributed by atoms with Crippen LogP contribution in [0.2, 0.25) is 5.02 Å². The summed E-state index contributed by atoms with van der Waals surface area (Å²) in [5.74, 6) is -0.328. The normalized spacial score (nSPS) is 10.1. The summed E-state index contributed by atoms with van der Waals surface area (Å²) in [6.07, 6.45) is 1.40. The Labute approximate surface area is 114 Å². The average Bonchev–Trinajstić information content (AvgIpc) is 2.38. The Balaban J connectivity index is 2.18. The fraction of sp³-hybridized carbons (Fsp3) is 0.0769. The number of rotatable bonds is 3. The van der Waals surface area contributed by atoms with Crippen LogP contribution < -0.4 is 10.6 Å². The first kappa shape index (κ1) is 13.3. The molecule has 19 heavy (non-hydrogen) atoms. The lowest BCUT2D eigenvalue weighted by molar-refractivity contribution is 0.102. The van der Waals surface area contributed by atoms with E-state index in [9.17, 15) is 9.18 Å². The van der Waals surface area contributed by atoms with Crippen LogP contribution in [0.5, 0.6) is 0 Å². The van der Waals surface area contributed by atoms with Gasteiger partial charge in [0.2, 0.25) is 0 Å². The zero-order valence-electron chi connectivity index (χ0n) is 10.1. The van der Waals surface area contributed by atoms with Gasteiger partial charge in [0.15, 0.2) is 0 Å². The fourth-order valence-electron chi connectivity index (χ4n) is 1.52. The van der Waals surface area contributed by atoms with Crippen molar-refractivity contribution in [3.8, 4) is 0 Å². The van der Waals surface area contributed by atoms with E-state index in [1.807, 2.05) is 0 Å². The highest BCUT2D eigenvalue weighted by Gasteiger charge is 2.10. The molecule has 0 bridgehead atoms. The largest absolute Gasteiger partial charge is 0.372 e. The summed E-state index contributed by atoms with van der Waals surface area (Å²) in [6.45, 7) is 0. The molecule has 0 aliphatic heterocycles. The third-order valence-electron chi connectivity index (χ3n) is 2.42. The van der Waals surface area contributed by atoms with E-state index in [0.717, 1.165) is 0 Å². The van der Waals surface area contributed by atoms with E-state index in [1.54, 1.807) is 13.1 Å². The van der Waals surface area contributed by atoms with Crippen molar-refractivity contribution in [1.29, 1.82) is 0 Å². The van der Waals surface area contributed by atoms with Gasteiger partial charge in [0.1, 0.15) is 11.6 Å². The number of anilines is 2. The Hall–Kier alpha value is -2.14. The van der Waals surface area contributed by atoms with Gasteiger partial charge in [0.25, 0.3) is 5.91 Å². The highest BCUT2D eigenvalue weighted by Crippen LogP contribution is 2.20. The zero-order chi connectivity index (χ0) is 13.8. The minimum absolute atomic E-state index is 0.299. The second kappa shape index (κ2) is 5.67. The van der Waals surface area contributed by atoms with Crippen LogP contribution in [-0.2, 0) is 0 Å². The average molecular weight is 280 g/mol. The van der Waals surface area contributed by atoms with Crippen molar-refractivity contribution in [2.45, 2.75) is 0 Å². The van der Waals surface area contributed by atoms with Crippen molar-refractivity contribution in [3.05, 3.63) is 52.9 Å². The smallest absolute Gasteiger partial charge is 0.257 e. The first-order chi connectivity index (χ1) is 9.10. The molecular weight excluding hydrogens is 269 g/mol. The molecule has 0 saturated heterocycles. The van der Waals surface area contributed by atoms with Crippen LogP contribution in [0.3, 0.4) is 0 Å². The molecule has 0 fully saturated rings. The number of hydrogen-bond acceptors (Lipinski definition) is 3. The van der Waals surface area contributed by atoms with E-state index in [-0.39, 0.29) is 0 Å². The molecule has 1 aromatic carbocycles. The second-order valence-corrected chi connectivity index (χ2v) is 4.18. The molecule has 4 nitrogen and oxygen atoms in total. The molecule has 0 unspecified atom stereocenters. The monoisotopic (exact) mass is 279 g/mol. The maximum atomic E-state index is 13.0. The number of aromatic nitrogens is 1. The van der Waals surface area contributed by atoms with Crippen LogP contribution in [0.4, 0.5) is 15.9 Å². The third-order valence-corrected chi connectivity index (χ3v) is 2.71. The summed E-state index contributed by atoms with van der Waals surface area (Å²) >= 11 is 5.94. The van der Waals surface area contributed by atoms with Gasteiger partial charge in [-0.15, -0.1) is 0 Å². The molecule has 1 heterocycles. The lowest BCUT2D eigenvalue weighted by Gasteiger charge is -2.07. The molecule has 0 spiro atoms. The maximum Gasteiger partial charge on any atom is 0.257 e. The Morgan fingerprint density at radius 3 is 2.79 bits per heavy atom. The number of nitrogens with one attached hydrogen (secondary N) is 2. The summed E-state index contributed by atoms with van der Waals surface area (Å²) in [4.78, 5) is 15.9. The van der Waals surface area contributed by atoms with Gasteiger partial charge in [0, 0.05) is 18.9 Å². The molecule has 0 atom stereocenters. The standard InChI is InChI=1S/C13H11ClFN3O/c1-16-12-11(14)5-8(7-17-12)13(19)18-10-4-2-3-9(15)6-10/h2-7H,1H3,(H,16,17)(H,18,19). The van der Waals surface area contributed by atoms with Crippen LogP contribution >= 0.6 is 11.6 Å². The zero-order valence-corrected chi connectivity index (χ0v) is 10.8. The Morgan fingerprint density at radius 2 is 2.16 bits per heavy atom. The van der Waals surface area contributed by atoms with E-state index in [1.165, 1.54) is 30.5 Å². The van der Waals surface area contributed by atoms with Crippen LogP contribution in [0.25, 0.3) is 0 Å². The molecule has 0 aliphatic carbocycles. The van der Waals surface area contributed by atoms with Gasteiger partial charge in [0.05, 0.1) is 10.6 Å². The van der Waals surface area contributed by atoms with Crippen LogP contribution in [0.15, 0.2) is 36.5 Å². The van der Waals surface area contributed by atoms with Crippen LogP contribution in [0, 0.1) is 5.82 Å². The van der Waals surface area contributed by atoms with Crippen molar-refractivity contribution < 1.29 is 9.18 Å². The van der Waals surface area contributed by atoms with E-state index in [0.29, 0.717) is 22.1 Å². The Bertz CT molecular complexity index is 619. The highest BCUT2D eigenvalue weighted by atomic mass is 35.5. The lowest BCUT2D eigenvalue weighted by Crippen LogP contribution is -2.12. The SMILES string of the molecule is CNc1ncc(C(=O)Nc2cccc(F)c2)cc1Cl. The van der Waals surface area contributed by atoms with E-state index in [4.69, 9.17) is 11.6 Å². The quantitative estimate of drug-likeness (QED) is 0.907. The predicted octanol–water partition coefficient (Wildman–Crippen LogP) is 3.17. The number of amides is 1. The number of benzene rings is 1. The number of hydrogen-bond donors (Lipinski definition) is 2. The number of nitrogens with zero attached hydrogens (tertiary/aromatic N) is 1. The van der Waals surface area contributed by atoms with Crippen molar-refractivity contribution in [2.24, 2.45) is 0 Å². The van der Waals surface area contributed by atoms with Gasteiger partial charge in [-0.3, -0.25) is 4.79 Å². The topological polar surface area (TPSA) is 54.0 Å². The highest BCUT2D eigenvalue weighted by molar-refractivity contribution is 6.33. The van der Waals surface area contributed by atoms with Crippen LogP contribution in [0.1, 0.15) is 10.4 Å². The Morgan fingerprint density at radius 1 is 1.37 bits per heavy atom. The number of pyridine rings is 1. The fourth-order valence-corrected chi connectivity index (χ4v) is 1.78. The Kier molecular flexibility index (Phi) is 3.97. The molecule has 1 amide bonds. The van der Waals surface area contributed by atoms with Crippen molar-refractivity contribution >= 4 is 29.0 Å². The summed E-state index contributed by atoms with van der Waals surface area (Å²) in [5, 5.41) is 5.70. The summed E-state index contributed by atoms with van der Waals surface area (Å²) in [6, 6.07) is 7.14. The minimum Gasteiger partial charge on any atom is -0.372 e. The molecule has 0 radical (unpaired) electrons. The second-order valence-electron chi connectivity index (χ2n) is 3.77. The van der Waals surface area contributed by atoms with E-state index < -0.39 is 11.7 Å². The first-order valence-corrected chi connectivity index (χ1v) is 5.88. The summed E-state index contributed by atoms with van der Waals surface area (Å²) < 4.78 is 13.0. The van der Waals surface area contributed by atoms with Gasteiger partial charge >= 0.3 is 0 Å². The molecule has 2 N–H and O–H groups in total. The number of carbonyl (C=O) groups is 1. The molecule has 0 aliphatic rings. The van der Waals surface area contributed by atoms with E-state index >= 15 is 0 Å². The number of carbonyl (C=O) groups excluding carboxylic acids is 1. The maximum absolute atomic E-state index is 13.0. The van der Waals surface area contributed by atoms with Gasteiger partial charge in [-0.1, -0.05) is 17.7 Å². The molecule has 1 aromatic heterocycles. The third kappa shape index (κ3) is 3.20. The first-order valence-electron chi connectivity index (χ1n) is 5.50. The van der Waals surface area contributed by atoms with Crippen LogP contribution in [-0.4, -0.2) is 17.9 Å². The number of halogens is 2. The minimum atomic E-state index is -0.417. The summed E-state index contributed by atoms with van der Waals surface area (Å²) in [5.41, 5.74) is 0.673. The van der Waals surface area contributed by atoms with Gasteiger partial charge in [-0.05, 0) is 24.3 Å². The van der Waals surface area contributed by atoms with Gasteiger partial charge < -0.3 is 10.6 Å².